The lowest BCUT2D eigenvalue weighted by Crippen LogP contribution is -2.53. The normalized spacial score (nSPS) is 16.3. The molecule has 1 aromatic carbocycles. The second kappa shape index (κ2) is 10.0. The zero-order chi connectivity index (χ0) is 18.1. The fraction of sp³-hybridized carbons (Fsp3) is 0.579. The number of urea groups is 1. The quantitative estimate of drug-likeness (QED) is 0.789. The molecule has 1 aliphatic rings. The first-order valence-corrected chi connectivity index (χ1v) is 9.20. The van der Waals surface area contributed by atoms with Gasteiger partial charge < -0.3 is 15.5 Å². The van der Waals surface area contributed by atoms with Crippen LogP contribution < -0.4 is 10.6 Å². The van der Waals surface area contributed by atoms with E-state index in [1.54, 1.807) is 0 Å². The zero-order valence-corrected chi connectivity index (χ0v) is 15.3. The summed E-state index contributed by atoms with van der Waals surface area (Å²) in [5.74, 6) is 0.387. The van der Waals surface area contributed by atoms with E-state index in [1.807, 2.05) is 30.0 Å². The smallest absolute Gasteiger partial charge is 0.317 e. The fourth-order valence-electron chi connectivity index (χ4n) is 3.11. The van der Waals surface area contributed by atoms with Crippen molar-refractivity contribution in [1.29, 1.82) is 0 Å². The number of piperazine rings is 1. The number of nitrogens with one attached hydrogen (secondary N) is 2. The van der Waals surface area contributed by atoms with Crippen molar-refractivity contribution < 1.29 is 9.59 Å². The van der Waals surface area contributed by atoms with Gasteiger partial charge in [0.15, 0.2) is 0 Å². The Labute approximate surface area is 150 Å². The third kappa shape index (κ3) is 6.05. The summed E-state index contributed by atoms with van der Waals surface area (Å²) in [6.07, 6.45) is 0.991. The summed E-state index contributed by atoms with van der Waals surface area (Å²) in [6, 6.07) is 10.3. The van der Waals surface area contributed by atoms with Crippen molar-refractivity contribution in [1.82, 2.24) is 20.4 Å². The molecular formula is C19H30N4O2. The first-order valence-electron chi connectivity index (χ1n) is 9.20. The Bertz CT molecular complexity index is 542. The molecule has 138 valence electrons. The molecule has 0 bridgehead atoms. The van der Waals surface area contributed by atoms with Crippen molar-refractivity contribution in [3.05, 3.63) is 35.9 Å². The first-order chi connectivity index (χ1) is 12.1. The highest BCUT2D eigenvalue weighted by atomic mass is 16.2. The van der Waals surface area contributed by atoms with Crippen LogP contribution >= 0.6 is 0 Å². The van der Waals surface area contributed by atoms with Gasteiger partial charge in [0.1, 0.15) is 0 Å². The number of rotatable bonds is 7. The van der Waals surface area contributed by atoms with Crippen LogP contribution in [0.15, 0.2) is 30.3 Å². The van der Waals surface area contributed by atoms with Gasteiger partial charge in [0.2, 0.25) is 5.91 Å². The van der Waals surface area contributed by atoms with Gasteiger partial charge in [0.25, 0.3) is 0 Å². The topological polar surface area (TPSA) is 64.7 Å². The minimum atomic E-state index is -0.00737. The number of hydrogen-bond donors (Lipinski definition) is 2. The molecule has 25 heavy (non-hydrogen) atoms. The van der Waals surface area contributed by atoms with Gasteiger partial charge in [-0.3, -0.25) is 9.69 Å². The second-order valence-corrected chi connectivity index (χ2v) is 6.42. The van der Waals surface area contributed by atoms with Crippen LogP contribution in [0.5, 0.6) is 0 Å². The molecular weight excluding hydrogens is 316 g/mol. The number of carbonyl (C=O) groups excluding carboxylic acids is 2. The molecule has 6 nitrogen and oxygen atoms in total. The maximum Gasteiger partial charge on any atom is 0.317 e. The maximum atomic E-state index is 12.4. The molecule has 1 heterocycles. The summed E-state index contributed by atoms with van der Waals surface area (Å²) in [5.41, 5.74) is 1.26. The molecule has 2 N–H and O–H groups in total. The highest BCUT2D eigenvalue weighted by Gasteiger charge is 2.22. The molecule has 3 amide bonds. The van der Waals surface area contributed by atoms with E-state index in [0.29, 0.717) is 38.6 Å². The SMILES string of the molecule is CCNC(=O)CN1CCN(C(=O)NCC(CC)c2ccccc2)CC1. The molecule has 2 rings (SSSR count). The average Bonchev–Trinajstić information content (AvgIpc) is 2.64. The Kier molecular flexibility index (Phi) is 7.73. The van der Waals surface area contributed by atoms with E-state index in [2.05, 4.69) is 34.6 Å². The summed E-state index contributed by atoms with van der Waals surface area (Å²) in [5, 5.41) is 5.88. The van der Waals surface area contributed by atoms with Gasteiger partial charge >= 0.3 is 6.03 Å². The van der Waals surface area contributed by atoms with Crippen molar-refractivity contribution >= 4 is 11.9 Å². The summed E-state index contributed by atoms with van der Waals surface area (Å²) in [6.45, 7) is 8.57. The minimum absolute atomic E-state index is 0.00737. The predicted molar refractivity (Wildman–Crippen MR) is 99.6 cm³/mol. The molecule has 1 atom stereocenters. The summed E-state index contributed by atoms with van der Waals surface area (Å²) in [7, 11) is 0. The minimum Gasteiger partial charge on any atom is -0.355 e. The Morgan fingerprint density at radius 1 is 1.04 bits per heavy atom. The maximum absolute atomic E-state index is 12.4. The number of likely N-dealkylation sites (N-methyl/N-ethyl adjacent to an activating group) is 1. The van der Waals surface area contributed by atoms with Gasteiger partial charge in [0.05, 0.1) is 6.54 Å². The van der Waals surface area contributed by atoms with Crippen molar-refractivity contribution in [2.24, 2.45) is 0 Å². The van der Waals surface area contributed by atoms with Gasteiger partial charge in [-0.15, -0.1) is 0 Å². The molecule has 1 aromatic rings. The van der Waals surface area contributed by atoms with Crippen molar-refractivity contribution in [3.63, 3.8) is 0 Å². The van der Waals surface area contributed by atoms with E-state index >= 15 is 0 Å². The third-order valence-corrected chi connectivity index (χ3v) is 4.66. The van der Waals surface area contributed by atoms with Crippen molar-refractivity contribution in [2.75, 3.05) is 45.8 Å². The highest BCUT2D eigenvalue weighted by molar-refractivity contribution is 5.78. The Morgan fingerprint density at radius 3 is 2.32 bits per heavy atom. The van der Waals surface area contributed by atoms with Gasteiger partial charge in [-0.05, 0) is 18.9 Å². The number of benzene rings is 1. The van der Waals surface area contributed by atoms with Crippen LogP contribution in [0.25, 0.3) is 0 Å². The van der Waals surface area contributed by atoms with E-state index in [0.717, 1.165) is 19.5 Å². The molecule has 0 aliphatic carbocycles. The predicted octanol–water partition coefficient (Wildman–Crippen LogP) is 1.64. The molecule has 1 saturated heterocycles. The van der Waals surface area contributed by atoms with Gasteiger partial charge in [-0.2, -0.15) is 0 Å². The van der Waals surface area contributed by atoms with Crippen LogP contribution in [0, 0.1) is 0 Å². The van der Waals surface area contributed by atoms with Crippen LogP contribution in [0.3, 0.4) is 0 Å². The molecule has 0 radical (unpaired) electrons. The highest BCUT2D eigenvalue weighted by Crippen LogP contribution is 2.18. The second-order valence-electron chi connectivity index (χ2n) is 6.42. The third-order valence-electron chi connectivity index (χ3n) is 4.66. The standard InChI is InChI=1S/C19H30N4O2/c1-3-16(17-8-6-5-7-9-17)14-21-19(25)23-12-10-22(11-13-23)15-18(24)20-4-2/h5-9,16H,3-4,10-15H2,1-2H3,(H,20,24)(H,21,25). The summed E-state index contributed by atoms with van der Waals surface area (Å²) < 4.78 is 0. The molecule has 1 fully saturated rings. The Morgan fingerprint density at radius 2 is 1.72 bits per heavy atom. The van der Waals surface area contributed by atoms with Gasteiger partial charge in [0, 0.05) is 45.2 Å². The lowest BCUT2D eigenvalue weighted by atomic mass is 9.97. The largest absolute Gasteiger partial charge is 0.355 e. The molecule has 0 aromatic heterocycles. The van der Waals surface area contributed by atoms with E-state index in [-0.39, 0.29) is 11.9 Å². The van der Waals surface area contributed by atoms with E-state index in [4.69, 9.17) is 0 Å². The molecule has 0 spiro atoms. The van der Waals surface area contributed by atoms with Crippen LogP contribution in [-0.4, -0.2) is 67.6 Å². The fourth-order valence-corrected chi connectivity index (χ4v) is 3.11. The van der Waals surface area contributed by atoms with Crippen molar-refractivity contribution in [2.45, 2.75) is 26.2 Å². The Balaban J connectivity index is 1.74. The molecule has 0 saturated carbocycles. The number of hydrogen-bond acceptors (Lipinski definition) is 3. The summed E-state index contributed by atoms with van der Waals surface area (Å²) >= 11 is 0. The van der Waals surface area contributed by atoms with E-state index in [9.17, 15) is 9.59 Å². The van der Waals surface area contributed by atoms with E-state index < -0.39 is 0 Å². The number of nitrogens with zero attached hydrogens (tertiary/aromatic N) is 2. The van der Waals surface area contributed by atoms with Crippen LogP contribution in [0.1, 0.15) is 31.7 Å². The van der Waals surface area contributed by atoms with Gasteiger partial charge in [-0.25, -0.2) is 4.79 Å². The van der Waals surface area contributed by atoms with E-state index in [1.165, 1.54) is 5.56 Å². The average molecular weight is 346 g/mol. The van der Waals surface area contributed by atoms with Gasteiger partial charge in [-0.1, -0.05) is 37.3 Å². The van der Waals surface area contributed by atoms with Crippen LogP contribution in [-0.2, 0) is 4.79 Å². The lowest BCUT2D eigenvalue weighted by Gasteiger charge is -2.34. The van der Waals surface area contributed by atoms with Crippen LogP contribution in [0.4, 0.5) is 4.79 Å². The summed E-state index contributed by atoms with van der Waals surface area (Å²) in [4.78, 5) is 28.0. The number of carbonyl (C=O) groups is 2. The monoisotopic (exact) mass is 346 g/mol. The lowest BCUT2D eigenvalue weighted by molar-refractivity contribution is -0.122. The Hall–Kier alpha value is -2.08. The zero-order valence-electron chi connectivity index (χ0n) is 15.3. The first kappa shape index (κ1) is 19.2. The molecule has 1 aliphatic heterocycles. The molecule has 6 heteroatoms. The molecule has 1 unspecified atom stereocenters. The van der Waals surface area contributed by atoms with Crippen LogP contribution in [0.2, 0.25) is 0 Å². The van der Waals surface area contributed by atoms with Crippen molar-refractivity contribution in [3.8, 4) is 0 Å². The number of amides is 3.